The fourth-order valence-corrected chi connectivity index (χ4v) is 1.62. The lowest BCUT2D eigenvalue weighted by Crippen LogP contribution is -2.20. The molecule has 0 fully saturated rings. The fourth-order valence-electron chi connectivity index (χ4n) is 1.62. The number of aryl methyl sites for hydroxylation is 1. The summed E-state index contributed by atoms with van der Waals surface area (Å²) in [6.45, 7) is 7.47. The average Bonchev–Trinajstić information content (AvgIpc) is 2.20. The zero-order valence-electron chi connectivity index (χ0n) is 9.46. The lowest BCUT2D eigenvalue weighted by atomic mass is 9.88. The first-order valence-electron chi connectivity index (χ1n) is 5.39. The molecule has 0 aliphatic carbocycles. The van der Waals surface area contributed by atoms with E-state index in [1.54, 1.807) is 0 Å². The molecule has 0 amide bonds. The van der Waals surface area contributed by atoms with Crippen molar-refractivity contribution in [3.8, 4) is 0 Å². The molecule has 0 aromatic heterocycles. The van der Waals surface area contributed by atoms with Gasteiger partial charge in [-0.15, -0.1) is 0 Å². The van der Waals surface area contributed by atoms with Crippen LogP contribution >= 0.6 is 0 Å². The van der Waals surface area contributed by atoms with Crippen LogP contribution in [0.25, 0.3) is 0 Å². The van der Waals surface area contributed by atoms with E-state index in [4.69, 9.17) is 5.73 Å². The Bertz CT molecular complexity index is 280. The van der Waals surface area contributed by atoms with Crippen molar-refractivity contribution in [3.63, 3.8) is 0 Å². The van der Waals surface area contributed by atoms with Gasteiger partial charge in [-0.2, -0.15) is 0 Å². The van der Waals surface area contributed by atoms with E-state index in [1.165, 1.54) is 11.1 Å². The second-order valence-electron chi connectivity index (χ2n) is 4.32. The summed E-state index contributed by atoms with van der Waals surface area (Å²) < 4.78 is 0. The van der Waals surface area contributed by atoms with Crippen LogP contribution < -0.4 is 5.73 Å². The van der Waals surface area contributed by atoms with Crippen molar-refractivity contribution in [2.24, 2.45) is 17.6 Å². The van der Waals surface area contributed by atoms with Gasteiger partial charge in [-0.25, -0.2) is 0 Å². The number of rotatable bonds is 4. The van der Waals surface area contributed by atoms with Gasteiger partial charge in [0.15, 0.2) is 0 Å². The van der Waals surface area contributed by atoms with Gasteiger partial charge >= 0.3 is 0 Å². The Labute approximate surface area is 87.3 Å². The molecule has 0 spiro atoms. The van der Waals surface area contributed by atoms with Crippen LogP contribution in [0.2, 0.25) is 0 Å². The molecule has 2 atom stereocenters. The molecule has 0 saturated carbocycles. The molecule has 2 unspecified atom stereocenters. The molecule has 1 aromatic carbocycles. The molecule has 1 rings (SSSR count). The molecule has 2 N–H and O–H groups in total. The summed E-state index contributed by atoms with van der Waals surface area (Å²) in [6.07, 6.45) is 1.14. The summed E-state index contributed by atoms with van der Waals surface area (Å²) in [5.41, 5.74) is 8.52. The van der Waals surface area contributed by atoms with Crippen molar-refractivity contribution >= 4 is 0 Å². The third-order valence-electron chi connectivity index (χ3n) is 3.15. The standard InChI is InChI=1S/C13H21N/c1-10-6-4-5-7-13(10)8-11(2)12(3)9-14/h4-7,11-12H,8-9,14H2,1-3H3. The van der Waals surface area contributed by atoms with Crippen LogP contribution in [0.4, 0.5) is 0 Å². The van der Waals surface area contributed by atoms with Crippen molar-refractivity contribution in [2.75, 3.05) is 6.54 Å². The molecule has 1 nitrogen and oxygen atoms in total. The molecule has 0 saturated heterocycles. The molecule has 0 bridgehead atoms. The molecule has 1 heteroatoms. The van der Waals surface area contributed by atoms with E-state index in [9.17, 15) is 0 Å². The first-order chi connectivity index (χ1) is 6.65. The van der Waals surface area contributed by atoms with Crippen molar-refractivity contribution < 1.29 is 0 Å². The number of benzene rings is 1. The van der Waals surface area contributed by atoms with Crippen molar-refractivity contribution in [2.45, 2.75) is 27.2 Å². The van der Waals surface area contributed by atoms with Crippen LogP contribution in [0.3, 0.4) is 0 Å². The summed E-state index contributed by atoms with van der Waals surface area (Å²) in [5.74, 6) is 1.27. The third kappa shape index (κ3) is 2.85. The minimum absolute atomic E-state index is 0.606. The predicted molar refractivity (Wildman–Crippen MR) is 62.3 cm³/mol. The molecule has 1 aromatic rings. The highest BCUT2D eigenvalue weighted by molar-refractivity contribution is 5.25. The van der Waals surface area contributed by atoms with Gasteiger partial charge in [-0.1, -0.05) is 38.1 Å². The summed E-state index contributed by atoms with van der Waals surface area (Å²) in [6, 6.07) is 8.60. The van der Waals surface area contributed by atoms with E-state index in [-0.39, 0.29) is 0 Å². The van der Waals surface area contributed by atoms with E-state index in [0.717, 1.165) is 13.0 Å². The third-order valence-corrected chi connectivity index (χ3v) is 3.15. The first kappa shape index (κ1) is 11.3. The van der Waals surface area contributed by atoms with Gasteiger partial charge in [0, 0.05) is 0 Å². The van der Waals surface area contributed by atoms with Crippen LogP contribution in [-0.2, 0) is 6.42 Å². The molecular formula is C13H21N. The van der Waals surface area contributed by atoms with E-state index in [1.807, 2.05) is 0 Å². The van der Waals surface area contributed by atoms with E-state index in [0.29, 0.717) is 11.8 Å². The Balaban J connectivity index is 2.64. The monoisotopic (exact) mass is 191 g/mol. The number of hydrogen-bond donors (Lipinski definition) is 1. The van der Waals surface area contributed by atoms with E-state index < -0.39 is 0 Å². The fraction of sp³-hybridized carbons (Fsp3) is 0.538. The maximum Gasteiger partial charge on any atom is -0.00488 e. The summed E-state index contributed by atoms with van der Waals surface area (Å²) >= 11 is 0. The topological polar surface area (TPSA) is 26.0 Å². The van der Waals surface area contributed by atoms with E-state index in [2.05, 4.69) is 45.0 Å². The molecule has 0 heterocycles. The lowest BCUT2D eigenvalue weighted by Gasteiger charge is -2.19. The average molecular weight is 191 g/mol. The molecule has 0 aliphatic heterocycles. The van der Waals surface area contributed by atoms with Gasteiger partial charge in [0.05, 0.1) is 0 Å². The summed E-state index contributed by atoms with van der Waals surface area (Å²) in [7, 11) is 0. The Morgan fingerprint density at radius 2 is 1.79 bits per heavy atom. The molecule has 78 valence electrons. The number of hydrogen-bond acceptors (Lipinski definition) is 1. The van der Waals surface area contributed by atoms with Gasteiger partial charge in [0.1, 0.15) is 0 Å². The summed E-state index contributed by atoms with van der Waals surface area (Å²) in [4.78, 5) is 0. The molecule has 0 radical (unpaired) electrons. The maximum atomic E-state index is 5.66. The zero-order chi connectivity index (χ0) is 10.6. The quantitative estimate of drug-likeness (QED) is 0.778. The van der Waals surface area contributed by atoms with Gasteiger partial charge in [-0.3, -0.25) is 0 Å². The Hall–Kier alpha value is -0.820. The highest BCUT2D eigenvalue weighted by Crippen LogP contribution is 2.18. The minimum atomic E-state index is 0.606. The number of nitrogens with two attached hydrogens (primary N) is 1. The van der Waals surface area contributed by atoms with Crippen LogP contribution in [0, 0.1) is 18.8 Å². The second kappa shape index (κ2) is 5.16. The Kier molecular flexibility index (Phi) is 4.15. The van der Waals surface area contributed by atoms with Crippen molar-refractivity contribution in [1.29, 1.82) is 0 Å². The van der Waals surface area contributed by atoms with Crippen LogP contribution in [-0.4, -0.2) is 6.54 Å². The normalized spacial score (nSPS) is 15.1. The SMILES string of the molecule is Cc1ccccc1CC(C)C(C)CN. The largest absolute Gasteiger partial charge is 0.330 e. The highest BCUT2D eigenvalue weighted by Gasteiger charge is 2.11. The van der Waals surface area contributed by atoms with Crippen LogP contribution in [0.5, 0.6) is 0 Å². The zero-order valence-corrected chi connectivity index (χ0v) is 9.46. The molecule has 0 aliphatic rings. The van der Waals surface area contributed by atoms with Crippen molar-refractivity contribution in [1.82, 2.24) is 0 Å². The van der Waals surface area contributed by atoms with Crippen molar-refractivity contribution in [3.05, 3.63) is 35.4 Å². The minimum Gasteiger partial charge on any atom is -0.330 e. The molecular weight excluding hydrogens is 170 g/mol. The lowest BCUT2D eigenvalue weighted by molar-refractivity contribution is 0.394. The van der Waals surface area contributed by atoms with Gasteiger partial charge in [-0.05, 0) is 42.9 Å². The second-order valence-corrected chi connectivity index (χ2v) is 4.32. The Morgan fingerprint density at radius 1 is 1.14 bits per heavy atom. The van der Waals surface area contributed by atoms with Gasteiger partial charge < -0.3 is 5.73 Å². The van der Waals surface area contributed by atoms with Crippen LogP contribution in [0.15, 0.2) is 24.3 Å². The van der Waals surface area contributed by atoms with Crippen LogP contribution in [0.1, 0.15) is 25.0 Å². The molecule has 14 heavy (non-hydrogen) atoms. The van der Waals surface area contributed by atoms with Gasteiger partial charge in [0.25, 0.3) is 0 Å². The highest BCUT2D eigenvalue weighted by atomic mass is 14.5. The van der Waals surface area contributed by atoms with E-state index >= 15 is 0 Å². The maximum absolute atomic E-state index is 5.66. The summed E-state index contributed by atoms with van der Waals surface area (Å²) in [5, 5.41) is 0. The predicted octanol–water partition coefficient (Wildman–Crippen LogP) is 2.77. The first-order valence-corrected chi connectivity index (χ1v) is 5.39. The van der Waals surface area contributed by atoms with Gasteiger partial charge in [0.2, 0.25) is 0 Å². The Morgan fingerprint density at radius 3 is 2.36 bits per heavy atom. The smallest absolute Gasteiger partial charge is 0.00488 e.